The molecule has 2 amide bonds. The first-order valence-electron chi connectivity index (χ1n) is 10.3. The maximum absolute atomic E-state index is 13.1. The predicted molar refractivity (Wildman–Crippen MR) is 112 cm³/mol. The summed E-state index contributed by atoms with van der Waals surface area (Å²) in [4.78, 5) is 38.5. The van der Waals surface area contributed by atoms with Crippen LogP contribution >= 0.6 is 0 Å². The molecule has 2 aromatic rings. The summed E-state index contributed by atoms with van der Waals surface area (Å²) in [5, 5.41) is 0. The van der Waals surface area contributed by atoms with Crippen LogP contribution in [0.25, 0.3) is 0 Å². The molecular weight excluding hydrogens is 382 g/mol. The van der Waals surface area contributed by atoms with E-state index in [-0.39, 0.29) is 43.2 Å². The van der Waals surface area contributed by atoms with E-state index in [1.807, 2.05) is 60.7 Å². The van der Waals surface area contributed by atoms with E-state index in [0.29, 0.717) is 6.61 Å². The Morgan fingerprint density at radius 3 is 2.13 bits per heavy atom. The highest BCUT2D eigenvalue weighted by molar-refractivity contribution is 5.94. The van der Waals surface area contributed by atoms with Crippen LogP contribution in [-0.2, 0) is 19.1 Å². The van der Waals surface area contributed by atoms with Crippen molar-refractivity contribution in [2.24, 2.45) is 5.92 Å². The van der Waals surface area contributed by atoms with Crippen molar-refractivity contribution in [3.63, 3.8) is 0 Å². The fraction of sp³-hybridized carbons (Fsp3) is 0.375. The fourth-order valence-electron chi connectivity index (χ4n) is 3.90. The van der Waals surface area contributed by atoms with Crippen LogP contribution in [0.1, 0.15) is 43.7 Å². The van der Waals surface area contributed by atoms with Gasteiger partial charge in [0.25, 0.3) is 0 Å². The number of cyclic esters (lactones) is 1. The number of hydrogen-bond donors (Lipinski definition) is 0. The Balaban J connectivity index is 1.84. The van der Waals surface area contributed by atoms with Crippen LogP contribution in [0.2, 0.25) is 0 Å². The molecule has 0 aliphatic carbocycles. The van der Waals surface area contributed by atoms with Crippen molar-refractivity contribution in [3.05, 3.63) is 71.8 Å². The van der Waals surface area contributed by atoms with Gasteiger partial charge >= 0.3 is 12.1 Å². The van der Waals surface area contributed by atoms with Gasteiger partial charge in [0.1, 0.15) is 6.61 Å². The molecule has 0 N–H and O–H groups in total. The van der Waals surface area contributed by atoms with Crippen LogP contribution in [0, 0.1) is 5.92 Å². The van der Waals surface area contributed by atoms with Crippen molar-refractivity contribution in [2.45, 2.75) is 38.6 Å². The molecule has 6 nitrogen and oxygen atoms in total. The van der Waals surface area contributed by atoms with Crippen molar-refractivity contribution in [1.82, 2.24) is 4.90 Å². The number of carbonyl (C=O) groups is 3. The molecule has 1 aliphatic rings. The van der Waals surface area contributed by atoms with Crippen LogP contribution in [0.4, 0.5) is 4.79 Å². The first-order chi connectivity index (χ1) is 14.5. The number of ether oxygens (including phenoxy) is 2. The van der Waals surface area contributed by atoms with Crippen LogP contribution in [0.5, 0.6) is 0 Å². The third kappa shape index (κ3) is 5.06. The molecule has 2 aromatic carbocycles. The summed E-state index contributed by atoms with van der Waals surface area (Å²) in [5.41, 5.74) is 2.01. The molecule has 6 heteroatoms. The lowest BCUT2D eigenvalue weighted by Crippen LogP contribution is -2.43. The Kier molecular flexibility index (Phi) is 7.22. The van der Waals surface area contributed by atoms with Gasteiger partial charge in [-0.15, -0.1) is 0 Å². The standard InChI is InChI=1S/C24H27NO5/c1-3-29-22(27)15-17(2)14-21(26)25-20(16-30-24(25)28)23(18-10-6-4-7-11-18)19-12-8-5-9-13-19/h4-13,17,20,23H,3,14-16H2,1-2H3/t17-,20-/m0/s1. The number of benzene rings is 2. The van der Waals surface area contributed by atoms with Gasteiger partial charge in [0.15, 0.2) is 0 Å². The zero-order valence-corrected chi connectivity index (χ0v) is 17.3. The van der Waals surface area contributed by atoms with Crippen molar-refractivity contribution >= 4 is 18.0 Å². The van der Waals surface area contributed by atoms with Gasteiger partial charge < -0.3 is 9.47 Å². The maximum Gasteiger partial charge on any atom is 0.417 e. The molecule has 0 bridgehead atoms. The van der Waals surface area contributed by atoms with Gasteiger partial charge in [0, 0.05) is 18.8 Å². The van der Waals surface area contributed by atoms with E-state index in [4.69, 9.17) is 9.47 Å². The average molecular weight is 409 g/mol. The van der Waals surface area contributed by atoms with Gasteiger partial charge in [-0.25, -0.2) is 9.69 Å². The molecule has 3 rings (SSSR count). The number of imide groups is 1. The van der Waals surface area contributed by atoms with Crippen molar-refractivity contribution in [2.75, 3.05) is 13.2 Å². The number of carbonyl (C=O) groups excluding carboxylic acids is 3. The number of rotatable bonds is 8. The Morgan fingerprint density at radius 2 is 1.60 bits per heavy atom. The van der Waals surface area contributed by atoms with Gasteiger partial charge in [-0.1, -0.05) is 67.6 Å². The summed E-state index contributed by atoms with van der Waals surface area (Å²) in [6.45, 7) is 3.98. The number of esters is 1. The van der Waals surface area contributed by atoms with Gasteiger partial charge in [-0.3, -0.25) is 9.59 Å². The van der Waals surface area contributed by atoms with E-state index in [1.165, 1.54) is 4.90 Å². The second-order valence-corrected chi connectivity index (χ2v) is 7.53. The highest BCUT2D eigenvalue weighted by Gasteiger charge is 2.43. The fourth-order valence-corrected chi connectivity index (χ4v) is 3.90. The van der Waals surface area contributed by atoms with E-state index in [2.05, 4.69) is 0 Å². The Hall–Kier alpha value is -3.15. The molecule has 0 saturated carbocycles. The zero-order valence-electron chi connectivity index (χ0n) is 17.3. The molecule has 0 unspecified atom stereocenters. The number of nitrogens with zero attached hydrogens (tertiary/aromatic N) is 1. The molecule has 1 saturated heterocycles. The normalized spacial score (nSPS) is 17.0. The smallest absolute Gasteiger partial charge is 0.417 e. The zero-order chi connectivity index (χ0) is 21.5. The first-order valence-corrected chi connectivity index (χ1v) is 10.3. The average Bonchev–Trinajstić information content (AvgIpc) is 3.11. The third-order valence-corrected chi connectivity index (χ3v) is 5.22. The third-order valence-electron chi connectivity index (χ3n) is 5.22. The van der Waals surface area contributed by atoms with Crippen molar-refractivity contribution < 1.29 is 23.9 Å². The molecule has 158 valence electrons. The summed E-state index contributed by atoms with van der Waals surface area (Å²) >= 11 is 0. The topological polar surface area (TPSA) is 72.9 Å². The van der Waals surface area contributed by atoms with Crippen molar-refractivity contribution in [1.29, 1.82) is 0 Å². The minimum absolute atomic E-state index is 0.0702. The SMILES string of the molecule is CCOC(=O)C[C@@H](C)CC(=O)N1C(=O)OC[C@H]1C(c1ccccc1)c1ccccc1. The van der Waals surface area contributed by atoms with E-state index in [1.54, 1.807) is 13.8 Å². The second-order valence-electron chi connectivity index (χ2n) is 7.53. The largest absolute Gasteiger partial charge is 0.466 e. The van der Waals surface area contributed by atoms with Gasteiger partial charge in [0.05, 0.1) is 12.6 Å². The van der Waals surface area contributed by atoms with Crippen LogP contribution < -0.4 is 0 Å². The lowest BCUT2D eigenvalue weighted by Gasteiger charge is -2.29. The summed E-state index contributed by atoms with van der Waals surface area (Å²) < 4.78 is 10.3. The quantitative estimate of drug-likeness (QED) is 0.613. The Bertz CT molecular complexity index is 828. The molecule has 1 fully saturated rings. The molecule has 1 aliphatic heterocycles. The highest BCUT2D eigenvalue weighted by atomic mass is 16.6. The summed E-state index contributed by atoms with van der Waals surface area (Å²) in [7, 11) is 0. The lowest BCUT2D eigenvalue weighted by atomic mass is 9.84. The molecule has 30 heavy (non-hydrogen) atoms. The predicted octanol–water partition coefficient (Wildman–Crippen LogP) is 4.15. The molecule has 0 spiro atoms. The summed E-state index contributed by atoms with van der Waals surface area (Å²) in [5.74, 6) is -1.12. The van der Waals surface area contributed by atoms with Gasteiger partial charge in [-0.05, 0) is 24.0 Å². The number of hydrogen-bond acceptors (Lipinski definition) is 5. The van der Waals surface area contributed by atoms with E-state index >= 15 is 0 Å². The van der Waals surface area contributed by atoms with Crippen LogP contribution in [-0.4, -0.2) is 42.1 Å². The summed E-state index contributed by atoms with van der Waals surface area (Å²) in [6.07, 6.45) is -0.431. The first kappa shape index (κ1) is 21.6. The second kappa shape index (κ2) is 10.1. The monoisotopic (exact) mass is 409 g/mol. The van der Waals surface area contributed by atoms with E-state index in [9.17, 15) is 14.4 Å². The molecule has 1 heterocycles. The van der Waals surface area contributed by atoms with Crippen molar-refractivity contribution in [3.8, 4) is 0 Å². The van der Waals surface area contributed by atoms with E-state index in [0.717, 1.165) is 11.1 Å². The molecule has 0 radical (unpaired) electrons. The van der Waals surface area contributed by atoms with Gasteiger partial charge in [0.2, 0.25) is 5.91 Å². The number of amides is 2. The van der Waals surface area contributed by atoms with E-state index < -0.39 is 12.1 Å². The van der Waals surface area contributed by atoms with Crippen LogP contribution in [0.15, 0.2) is 60.7 Å². The minimum Gasteiger partial charge on any atom is -0.466 e. The molecule has 0 aromatic heterocycles. The summed E-state index contributed by atoms with van der Waals surface area (Å²) in [6, 6.07) is 19.1. The minimum atomic E-state index is -0.634. The lowest BCUT2D eigenvalue weighted by molar-refractivity contribution is -0.144. The molecule has 2 atom stereocenters. The van der Waals surface area contributed by atoms with Gasteiger partial charge in [-0.2, -0.15) is 0 Å². The molecular formula is C24H27NO5. The Labute approximate surface area is 176 Å². The Morgan fingerprint density at radius 1 is 1.03 bits per heavy atom. The van der Waals surface area contributed by atoms with Crippen LogP contribution in [0.3, 0.4) is 0 Å². The highest BCUT2D eigenvalue weighted by Crippen LogP contribution is 2.34. The maximum atomic E-state index is 13.1.